The minimum Gasteiger partial charge on any atom is -0.658 e. The van der Waals surface area contributed by atoms with Crippen molar-refractivity contribution in [2.24, 2.45) is 0 Å². The number of carbonyl (C=O) groups excluding carboxylic acids is 1. The van der Waals surface area contributed by atoms with Gasteiger partial charge in [-0.25, -0.2) is 0 Å². The van der Waals surface area contributed by atoms with Crippen molar-refractivity contribution in [3.05, 3.63) is 5.32 Å². The van der Waals surface area contributed by atoms with Gasteiger partial charge in [0.25, 0.3) is 0 Å². The maximum atomic E-state index is 9.43. The molecule has 118 valence electrons. The standard InChI is InChI=1S/C6H14N.C6H15N.C3H7NO.Li/c1-5(2)7-6(3)4;1-4-7(5-2)6-3;1-4(2)3-5;/h5-6H,1-4H3;4-6H2,1-3H3;3H,1-2H3;/q-1;;;+1. The molecule has 1 amide bonds. The van der Waals surface area contributed by atoms with E-state index in [1.54, 1.807) is 14.1 Å². The Morgan fingerprint density at radius 2 is 1.15 bits per heavy atom. The van der Waals surface area contributed by atoms with Crippen molar-refractivity contribution in [1.29, 1.82) is 0 Å². The van der Waals surface area contributed by atoms with Crippen molar-refractivity contribution >= 4 is 6.41 Å². The van der Waals surface area contributed by atoms with Crippen LogP contribution in [0.15, 0.2) is 0 Å². The molecule has 0 aliphatic rings. The Bertz CT molecular complexity index is 161. The third-order valence-corrected chi connectivity index (χ3v) is 2.15. The van der Waals surface area contributed by atoms with Gasteiger partial charge in [0.2, 0.25) is 6.41 Å². The molecular formula is C15H36LiN3O. The summed E-state index contributed by atoms with van der Waals surface area (Å²) in [6, 6.07) is 1.000. The normalized spacial score (nSPS) is 9.20. The summed E-state index contributed by atoms with van der Waals surface area (Å²) >= 11 is 0. The second-order valence-corrected chi connectivity index (χ2v) is 5.03. The van der Waals surface area contributed by atoms with Crippen LogP contribution in [0.3, 0.4) is 0 Å². The molecule has 0 unspecified atom stereocenters. The van der Waals surface area contributed by atoms with Crippen molar-refractivity contribution in [2.75, 3.05) is 33.7 Å². The minimum absolute atomic E-state index is 0. The van der Waals surface area contributed by atoms with Crippen molar-refractivity contribution in [3.63, 3.8) is 0 Å². The molecule has 5 heteroatoms. The zero-order chi connectivity index (χ0) is 15.8. The molecule has 0 fully saturated rings. The van der Waals surface area contributed by atoms with E-state index in [0.29, 0.717) is 12.1 Å². The van der Waals surface area contributed by atoms with Crippen molar-refractivity contribution in [3.8, 4) is 0 Å². The molecule has 0 aromatic heterocycles. The smallest absolute Gasteiger partial charge is 0.658 e. The van der Waals surface area contributed by atoms with Gasteiger partial charge in [0.05, 0.1) is 0 Å². The van der Waals surface area contributed by atoms with Crippen molar-refractivity contribution in [2.45, 2.75) is 60.5 Å². The molecule has 0 bridgehead atoms. The molecule has 0 aliphatic carbocycles. The summed E-state index contributed by atoms with van der Waals surface area (Å²) in [5.74, 6) is 0. The minimum atomic E-state index is 0. The summed E-state index contributed by atoms with van der Waals surface area (Å²) in [4.78, 5) is 13.2. The molecule has 0 aliphatic heterocycles. The number of nitrogens with zero attached hydrogens (tertiary/aromatic N) is 3. The van der Waals surface area contributed by atoms with Gasteiger partial charge in [-0.05, 0) is 19.6 Å². The molecule has 0 spiro atoms. The summed E-state index contributed by atoms with van der Waals surface area (Å²) < 4.78 is 0. The Balaban J connectivity index is -0.0000000952. The molecule has 0 heterocycles. The third-order valence-electron chi connectivity index (χ3n) is 2.15. The van der Waals surface area contributed by atoms with Gasteiger partial charge in [-0.2, -0.15) is 0 Å². The molecule has 0 saturated carbocycles. The van der Waals surface area contributed by atoms with Gasteiger partial charge in [0, 0.05) is 14.1 Å². The van der Waals surface area contributed by atoms with Crippen LogP contribution in [0.4, 0.5) is 0 Å². The van der Waals surface area contributed by atoms with Crippen molar-refractivity contribution in [1.82, 2.24) is 9.80 Å². The number of hydrogen-bond donors (Lipinski definition) is 0. The molecular weight excluding hydrogens is 245 g/mol. The third kappa shape index (κ3) is 36.1. The summed E-state index contributed by atoms with van der Waals surface area (Å²) in [6.07, 6.45) is 0.750. The first-order chi connectivity index (χ1) is 8.74. The van der Waals surface area contributed by atoms with E-state index < -0.39 is 0 Å². The summed E-state index contributed by atoms with van der Waals surface area (Å²) in [6.45, 7) is 18.5. The van der Waals surface area contributed by atoms with Gasteiger partial charge in [-0.15, -0.1) is 12.1 Å². The molecule has 0 aromatic rings. The van der Waals surface area contributed by atoms with Crippen LogP contribution in [0.5, 0.6) is 0 Å². The second-order valence-electron chi connectivity index (χ2n) is 5.03. The Morgan fingerprint density at radius 1 is 0.900 bits per heavy atom. The zero-order valence-corrected chi connectivity index (χ0v) is 15.6. The maximum absolute atomic E-state index is 9.43. The van der Waals surface area contributed by atoms with E-state index in [4.69, 9.17) is 0 Å². The zero-order valence-electron chi connectivity index (χ0n) is 15.6. The molecule has 0 atom stereocenters. The van der Waals surface area contributed by atoms with Crippen LogP contribution >= 0.6 is 0 Å². The number of hydrogen-bond acceptors (Lipinski definition) is 2. The SMILES string of the molecule is CC(C)[N-]C(C)C.CCN(CC)CC.CN(C)C=O.[Li+]. The molecule has 0 saturated heterocycles. The Labute approximate surface area is 139 Å². The van der Waals surface area contributed by atoms with Gasteiger partial charge < -0.3 is 15.1 Å². The fraction of sp³-hybridized carbons (Fsp3) is 0.933. The van der Waals surface area contributed by atoms with Crippen LogP contribution in [0.1, 0.15) is 48.5 Å². The molecule has 0 N–H and O–H groups in total. The number of rotatable bonds is 6. The van der Waals surface area contributed by atoms with Gasteiger partial charge in [0.15, 0.2) is 0 Å². The van der Waals surface area contributed by atoms with Crippen LogP contribution in [-0.2, 0) is 4.79 Å². The first kappa shape index (κ1) is 28.2. The van der Waals surface area contributed by atoms with Gasteiger partial charge >= 0.3 is 18.9 Å². The summed E-state index contributed by atoms with van der Waals surface area (Å²) in [5.41, 5.74) is 0. The van der Waals surface area contributed by atoms with Gasteiger partial charge in [-0.3, -0.25) is 4.79 Å². The average molecular weight is 281 g/mol. The van der Waals surface area contributed by atoms with E-state index >= 15 is 0 Å². The largest absolute Gasteiger partial charge is 1.00 e. The van der Waals surface area contributed by atoms with Gasteiger partial charge in [-0.1, -0.05) is 48.5 Å². The number of carbonyl (C=O) groups is 1. The second kappa shape index (κ2) is 21.3. The first-order valence-corrected chi connectivity index (χ1v) is 7.28. The monoisotopic (exact) mass is 281 g/mol. The summed E-state index contributed by atoms with van der Waals surface area (Å²) in [7, 11) is 3.38. The van der Waals surface area contributed by atoms with Crippen molar-refractivity contribution < 1.29 is 23.7 Å². The van der Waals surface area contributed by atoms with Crippen LogP contribution in [0.2, 0.25) is 0 Å². The molecule has 0 rings (SSSR count). The summed E-state index contributed by atoms with van der Waals surface area (Å²) in [5, 5.41) is 4.28. The molecule has 4 nitrogen and oxygen atoms in total. The first-order valence-electron chi connectivity index (χ1n) is 7.28. The molecule has 0 radical (unpaired) electrons. The predicted molar refractivity (Wildman–Crippen MR) is 86.8 cm³/mol. The van der Waals surface area contributed by atoms with E-state index in [-0.39, 0.29) is 18.9 Å². The average Bonchev–Trinajstić information content (AvgIpc) is 2.31. The van der Waals surface area contributed by atoms with Crippen LogP contribution < -0.4 is 18.9 Å². The van der Waals surface area contributed by atoms with E-state index in [1.807, 2.05) is 0 Å². The fourth-order valence-electron chi connectivity index (χ4n) is 1.27. The Morgan fingerprint density at radius 3 is 1.15 bits per heavy atom. The number of amides is 1. The van der Waals surface area contributed by atoms with Gasteiger partial charge in [0.1, 0.15) is 0 Å². The predicted octanol–water partition coefficient (Wildman–Crippen LogP) is 0.233. The van der Waals surface area contributed by atoms with Crippen LogP contribution in [-0.4, -0.2) is 62.0 Å². The van der Waals surface area contributed by atoms with Crippen LogP contribution in [0.25, 0.3) is 5.32 Å². The Hall–Kier alpha value is -0.0126. The topological polar surface area (TPSA) is 37.7 Å². The van der Waals surface area contributed by atoms with Crippen LogP contribution in [0, 0.1) is 0 Å². The van der Waals surface area contributed by atoms with E-state index in [9.17, 15) is 4.79 Å². The molecule has 0 aromatic carbocycles. The Kier molecular flexibility index (Phi) is 30.0. The molecule has 20 heavy (non-hydrogen) atoms. The quantitative estimate of drug-likeness (QED) is 0.516. The maximum Gasteiger partial charge on any atom is 1.00 e. The fourth-order valence-corrected chi connectivity index (χ4v) is 1.27. The van der Waals surface area contributed by atoms with E-state index in [1.165, 1.54) is 24.5 Å². The van der Waals surface area contributed by atoms with E-state index in [0.717, 1.165) is 6.41 Å². The van der Waals surface area contributed by atoms with E-state index in [2.05, 4.69) is 58.7 Å².